The molecule has 5 nitrogen and oxygen atoms in total. The van der Waals surface area contributed by atoms with Gasteiger partial charge in [0, 0.05) is 6.20 Å². The number of hydrogen-bond acceptors (Lipinski definition) is 4. The number of pyridine rings is 1. The Morgan fingerprint density at radius 2 is 2.10 bits per heavy atom. The topological polar surface area (TPSA) is 66.0 Å². The molecule has 0 spiro atoms. The van der Waals surface area contributed by atoms with Crippen molar-refractivity contribution in [3.63, 3.8) is 0 Å². The highest BCUT2D eigenvalue weighted by atomic mass is 19.1. The Labute approximate surface area is 114 Å². The second kappa shape index (κ2) is 4.97. The first-order valence-electron chi connectivity index (χ1n) is 6.01. The number of aromatic nitrogens is 3. The minimum absolute atomic E-state index is 0.00122. The molecule has 0 saturated heterocycles. The molecular formula is C14H10FN5. The van der Waals surface area contributed by atoms with Crippen LogP contribution in [0.4, 0.5) is 10.1 Å². The summed E-state index contributed by atoms with van der Waals surface area (Å²) in [4.78, 5) is 0. The molecule has 0 aliphatic heterocycles. The van der Waals surface area contributed by atoms with Gasteiger partial charge in [0.2, 0.25) is 0 Å². The van der Waals surface area contributed by atoms with Gasteiger partial charge in [-0.3, -0.25) is 4.40 Å². The van der Waals surface area contributed by atoms with Gasteiger partial charge in [-0.1, -0.05) is 12.1 Å². The molecule has 2 aromatic heterocycles. The van der Waals surface area contributed by atoms with Gasteiger partial charge in [0.05, 0.1) is 12.2 Å². The first kappa shape index (κ1) is 12.1. The zero-order valence-corrected chi connectivity index (χ0v) is 10.4. The number of anilines is 1. The molecule has 0 aliphatic rings. The van der Waals surface area contributed by atoms with Gasteiger partial charge in [-0.25, -0.2) is 4.39 Å². The molecule has 0 atom stereocenters. The molecule has 6 heteroatoms. The fraction of sp³-hybridized carbons (Fsp3) is 0.0714. The van der Waals surface area contributed by atoms with Gasteiger partial charge in [0.1, 0.15) is 17.4 Å². The lowest BCUT2D eigenvalue weighted by Crippen LogP contribution is -2.06. The number of nitrogens with zero attached hydrogens (tertiary/aromatic N) is 4. The van der Waals surface area contributed by atoms with Crippen LogP contribution in [0.25, 0.3) is 5.65 Å². The first-order valence-corrected chi connectivity index (χ1v) is 6.01. The Kier molecular flexibility index (Phi) is 3.01. The Morgan fingerprint density at radius 1 is 1.20 bits per heavy atom. The number of hydrogen-bond donors (Lipinski definition) is 1. The van der Waals surface area contributed by atoms with Gasteiger partial charge < -0.3 is 5.32 Å². The van der Waals surface area contributed by atoms with E-state index in [2.05, 4.69) is 15.5 Å². The smallest absolute Gasteiger partial charge is 0.160 e. The van der Waals surface area contributed by atoms with Gasteiger partial charge in [-0.05, 0) is 24.3 Å². The zero-order chi connectivity index (χ0) is 13.9. The van der Waals surface area contributed by atoms with Crippen molar-refractivity contribution in [1.82, 2.24) is 14.6 Å². The Balaban J connectivity index is 1.87. The normalized spacial score (nSPS) is 10.4. The standard InChI is InChI=1S/C14H10FN5/c15-11-4-3-5-12(10(11)8-16)17-9-14-19-18-13-6-1-2-7-20(13)14/h1-7,17H,9H2. The van der Waals surface area contributed by atoms with Gasteiger partial charge in [0.25, 0.3) is 0 Å². The summed E-state index contributed by atoms with van der Waals surface area (Å²) in [6, 6.07) is 11.9. The summed E-state index contributed by atoms with van der Waals surface area (Å²) in [7, 11) is 0. The minimum atomic E-state index is -0.538. The number of nitriles is 1. The predicted molar refractivity (Wildman–Crippen MR) is 71.4 cm³/mol. The van der Waals surface area contributed by atoms with Crippen LogP contribution in [0, 0.1) is 17.1 Å². The molecule has 20 heavy (non-hydrogen) atoms. The zero-order valence-electron chi connectivity index (χ0n) is 10.4. The summed E-state index contributed by atoms with van der Waals surface area (Å²) in [5.74, 6) is 0.150. The molecule has 0 bridgehead atoms. The molecule has 1 N–H and O–H groups in total. The molecule has 0 amide bonds. The maximum atomic E-state index is 13.5. The third-order valence-electron chi connectivity index (χ3n) is 2.95. The minimum Gasteiger partial charge on any atom is -0.377 e. The van der Waals surface area contributed by atoms with Crippen LogP contribution in [-0.4, -0.2) is 14.6 Å². The maximum Gasteiger partial charge on any atom is 0.160 e. The molecule has 0 unspecified atom stereocenters. The highest BCUT2D eigenvalue weighted by Gasteiger charge is 2.09. The number of nitrogens with one attached hydrogen (secondary N) is 1. The molecule has 0 fully saturated rings. The number of benzene rings is 1. The lowest BCUT2D eigenvalue weighted by atomic mass is 10.2. The fourth-order valence-corrected chi connectivity index (χ4v) is 1.97. The highest BCUT2D eigenvalue weighted by molar-refractivity contribution is 5.57. The van der Waals surface area contributed by atoms with Crippen molar-refractivity contribution < 1.29 is 4.39 Å². The average Bonchev–Trinajstić information content (AvgIpc) is 2.88. The van der Waals surface area contributed by atoms with E-state index in [9.17, 15) is 4.39 Å². The SMILES string of the molecule is N#Cc1c(F)cccc1NCc1nnc2ccccn12. The Bertz CT molecular complexity index is 803. The third kappa shape index (κ3) is 2.06. The predicted octanol–water partition coefficient (Wildman–Crippen LogP) is 2.35. The quantitative estimate of drug-likeness (QED) is 0.791. The van der Waals surface area contributed by atoms with Gasteiger partial charge in [-0.15, -0.1) is 10.2 Å². The summed E-state index contributed by atoms with van der Waals surface area (Å²) < 4.78 is 15.3. The lowest BCUT2D eigenvalue weighted by molar-refractivity contribution is 0.624. The summed E-state index contributed by atoms with van der Waals surface area (Å²) in [6.07, 6.45) is 1.85. The summed E-state index contributed by atoms with van der Waals surface area (Å²) >= 11 is 0. The van der Waals surface area contributed by atoms with Crippen LogP contribution < -0.4 is 5.32 Å². The molecule has 2 heterocycles. The van der Waals surface area contributed by atoms with Crippen molar-refractivity contribution in [1.29, 1.82) is 5.26 Å². The number of rotatable bonds is 3. The van der Waals surface area contributed by atoms with E-state index in [4.69, 9.17) is 5.26 Å². The van der Waals surface area contributed by atoms with Crippen LogP contribution in [0.15, 0.2) is 42.6 Å². The Morgan fingerprint density at radius 3 is 2.95 bits per heavy atom. The van der Waals surface area contributed by atoms with E-state index < -0.39 is 5.82 Å². The molecule has 0 radical (unpaired) electrons. The fourth-order valence-electron chi connectivity index (χ4n) is 1.97. The highest BCUT2D eigenvalue weighted by Crippen LogP contribution is 2.18. The van der Waals surface area contributed by atoms with Crippen molar-refractivity contribution in [2.45, 2.75) is 6.54 Å². The monoisotopic (exact) mass is 267 g/mol. The molecule has 98 valence electrons. The van der Waals surface area contributed by atoms with Gasteiger partial charge in [0.15, 0.2) is 11.5 Å². The van der Waals surface area contributed by atoms with Crippen molar-refractivity contribution in [2.75, 3.05) is 5.32 Å². The van der Waals surface area contributed by atoms with E-state index in [0.29, 0.717) is 18.1 Å². The molecule has 3 rings (SSSR count). The van der Waals surface area contributed by atoms with E-state index in [1.54, 1.807) is 12.1 Å². The molecular weight excluding hydrogens is 257 g/mol. The van der Waals surface area contributed by atoms with Crippen LogP contribution >= 0.6 is 0 Å². The number of fused-ring (bicyclic) bond motifs is 1. The van der Waals surface area contributed by atoms with E-state index >= 15 is 0 Å². The molecule has 0 saturated carbocycles. The second-order valence-electron chi connectivity index (χ2n) is 4.17. The lowest BCUT2D eigenvalue weighted by Gasteiger charge is -2.07. The summed E-state index contributed by atoms with van der Waals surface area (Å²) in [6.45, 7) is 0.351. The van der Waals surface area contributed by atoms with Crippen LogP contribution in [0.5, 0.6) is 0 Å². The van der Waals surface area contributed by atoms with Gasteiger partial charge >= 0.3 is 0 Å². The van der Waals surface area contributed by atoms with E-state index in [-0.39, 0.29) is 5.56 Å². The second-order valence-corrected chi connectivity index (χ2v) is 4.17. The summed E-state index contributed by atoms with van der Waals surface area (Å²) in [5, 5.41) is 20.1. The van der Waals surface area contributed by atoms with Crippen molar-refractivity contribution in [3.05, 3.63) is 59.8 Å². The van der Waals surface area contributed by atoms with Crippen molar-refractivity contribution in [3.8, 4) is 6.07 Å². The van der Waals surface area contributed by atoms with Crippen LogP contribution in [0.2, 0.25) is 0 Å². The van der Waals surface area contributed by atoms with Crippen molar-refractivity contribution in [2.24, 2.45) is 0 Å². The van der Waals surface area contributed by atoms with Crippen molar-refractivity contribution >= 4 is 11.3 Å². The summed E-state index contributed by atoms with van der Waals surface area (Å²) in [5.41, 5.74) is 1.19. The van der Waals surface area contributed by atoms with Crippen LogP contribution in [-0.2, 0) is 6.54 Å². The van der Waals surface area contributed by atoms with E-state index in [0.717, 1.165) is 5.65 Å². The van der Waals surface area contributed by atoms with Gasteiger partial charge in [-0.2, -0.15) is 5.26 Å². The average molecular weight is 267 g/mol. The largest absolute Gasteiger partial charge is 0.377 e. The van der Waals surface area contributed by atoms with E-state index in [1.165, 1.54) is 6.07 Å². The molecule has 0 aliphatic carbocycles. The maximum absolute atomic E-state index is 13.5. The van der Waals surface area contributed by atoms with E-state index in [1.807, 2.05) is 34.9 Å². The first-order chi connectivity index (χ1) is 9.79. The molecule has 3 aromatic rings. The third-order valence-corrected chi connectivity index (χ3v) is 2.95. The Hall–Kier alpha value is -2.94. The number of halogens is 1. The van der Waals surface area contributed by atoms with Crippen LogP contribution in [0.1, 0.15) is 11.4 Å². The van der Waals surface area contributed by atoms with Crippen LogP contribution in [0.3, 0.4) is 0 Å². The molecule has 1 aromatic carbocycles.